The van der Waals surface area contributed by atoms with Crippen LogP contribution >= 0.6 is 15.9 Å². The molecule has 2 aromatic rings. The van der Waals surface area contributed by atoms with E-state index in [0.717, 1.165) is 29.4 Å². The van der Waals surface area contributed by atoms with Crippen LogP contribution < -0.4 is 14.8 Å². The van der Waals surface area contributed by atoms with Crippen molar-refractivity contribution in [1.29, 1.82) is 0 Å². The van der Waals surface area contributed by atoms with Gasteiger partial charge in [0.05, 0.1) is 7.11 Å². The predicted molar refractivity (Wildman–Crippen MR) is 98.0 cm³/mol. The van der Waals surface area contributed by atoms with Crippen molar-refractivity contribution < 1.29 is 13.9 Å². The van der Waals surface area contributed by atoms with Gasteiger partial charge in [0, 0.05) is 22.1 Å². The summed E-state index contributed by atoms with van der Waals surface area (Å²) in [4.78, 5) is 0. The molecule has 0 aliphatic carbocycles. The minimum Gasteiger partial charge on any atom is -0.493 e. The van der Waals surface area contributed by atoms with Crippen LogP contribution in [0.4, 0.5) is 4.39 Å². The summed E-state index contributed by atoms with van der Waals surface area (Å²) in [5.41, 5.74) is 1.49. The van der Waals surface area contributed by atoms with Gasteiger partial charge in [-0.1, -0.05) is 47.5 Å². The molecule has 0 aliphatic rings. The Balaban J connectivity index is 2.19. The third-order valence-electron chi connectivity index (χ3n) is 3.73. The highest BCUT2D eigenvalue weighted by molar-refractivity contribution is 9.10. The summed E-state index contributed by atoms with van der Waals surface area (Å²) in [7, 11) is 1.60. The van der Waals surface area contributed by atoms with Crippen LogP contribution in [0, 0.1) is 5.82 Å². The largest absolute Gasteiger partial charge is 0.493 e. The van der Waals surface area contributed by atoms with Gasteiger partial charge in [-0.05, 0) is 31.2 Å². The van der Waals surface area contributed by atoms with Gasteiger partial charge in [-0.15, -0.1) is 0 Å². The van der Waals surface area contributed by atoms with Crippen molar-refractivity contribution in [2.45, 2.75) is 32.9 Å². The van der Waals surface area contributed by atoms with E-state index in [-0.39, 0.29) is 12.4 Å². The van der Waals surface area contributed by atoms with E-state index in [9.17, 15) is 4.39 Å². The van der Waals surface area contributed by atoms with Gasteiger partial charge in [-0.2, -0.15) is 0 Å². The van der Waals surface area contributed by atoms with Crippen LogP contribution in [0.2, 0.25) is 0 Å². The highest BCUT2D eigenvalue weighted by Crippen LogP contribution is 2.36. The van der Waals surface area contributed by atoms with Crippen molar-refractivity contribution in [3.05, 3.63) is 57.8 Å². The molecule has 0 heterocycles. The van der Waals surface area contributed by atoms with Gasteiger partial charge < -0.3 is 14.8 Å². The Morgan fingerprint density at radius 2 is 1.96 bits per heavy atom. The maximum absolute atomic E-state index is 13.8. The fourth-order valence-electron chi connectivity index (χ4n) is 2.35. The molecule has 0 saturated carbocycles. The van der Waals surface area contributed by atoms with Crippen LogP contribution in [-0.2, 0) is 13.2 Å². The number of hydrogen-bond acceptors (Lipinski definition) is 3. The first kappa shape index (κ1) is 18.7. The number of hydrogen-bond donors (Lipinski definition) is 1. The second kappa shape index (κ2) is 9.64. The minimum atomic E-state index is -0.269. The molecule has 0 saturated heterocycles. The molecule has 2 aromatic carbocycles. The van der Waals surface area contributed by atoms with Crippen LogP contribution in [0.15, 0.2) is 40.9 Å². The van der Waals surface area contributed by atoms with Crippen LogP contribution in [0.1, 0.15) is 30.9 Å². The Morgan fingerprint density at radius 3 is 2.67 bits per heavy atom. The Morgan fingerprint density at radius 1 is 1.17 bits per heavy atom. The smallest absolute Gasteiger partial charge is 0.167 e. The highest BCUT2D eigenvalue weighted by Gasteiger charge is 2.15. The number of methoxy groups -OCH3 is 1. The maximum atomic E-state index is 13.8. The Labute approximate surface area is 151 Å². The molecule has 0 atom stereocenters. The van der Waals surface area contributed by atoms with Crippen molar-refractivity contribution in [1.82, 2.24) is 5.32 Å². The third kappa shape index (κ3) is 4.95. The predicted octanol–water partition coefficient (Wildman–Crippen LogP) is 5.07. The molecular weight excluding hydrogens is 373 g/mol. The number of unbranched alkanes of at least 4 members (excludes halogenated alkanes) is 1. The fraction of sp³-hybridized carbons (Fsp3) is 0.368. The number of nitrogens with one attached hydrogen (secondary N) is 1. The number of benzene rings is 2. The van der Waals surface area contributed by atoms with Crippen molar-refractivity contribution in [3.63, 3.8) is 0 Å². The van der Waals surface area contributed by atoms with Gasteiger partial charge in [0.15, 0.2) is 11.5 Å². The van der Waals surface area contributed by atoms with E-state index in [1.807, 2.05) is 12.1 Å². The quantitative estimate of drug-likeness (QED) is 0.601. The van der Waals surface area contributed by atoms with E-state index >= 15 is 0 Å². The second-order valence-corrected chi connectivity index (χ2v) is 6.32. The maximum Gasteiger partial charge on any atom is 0.167 e. The van der Waals surface area contributed by atoms with Crippen LogP contribution in [0.25, 0.3) is 0 Å². The SMILES string of the molecule is CCCCNCc1c(Br)ccc(OC)c1OCc1ccccc1F. The topological polar surface area (TPSA) is 30.5 Å². The van der Waals surface area contributed by atoms with Crippen molar-refractivity contribution in [3.8, 4) is 11.5 Å². The second-order valence-electron chi connectivity index (χ2n) is 5.47. The number of ether oxygens (including phenoxy) is 2. The van der Waals surface area contributed by atoms with E-state index in [4.69, 9.17) is 9.47 Å². The first-order chi connectivity index (χ1) is 11.7. The first-order valence-electron chi connectivity index (χ1n) is 8.09. The lowest BCUT2D eigenvalue weighted by molar-refractivity contribution is 0.275. The Kier molecular flexibility index (Phi) is 7.53. The standard InChI is InChI=1S/C19H23BrFNO2/c1-3-4-11-22-12-15-16(20)9-10-18(23-2)19(15)24-13-14-7-5-6-8-17(14)21/h5-10,22H,3-4,11-13H2,1-2H3. The van der Waals surface area contributed by atoms with E-state index in [1.54, 1.807) is 25.3 Å². The fourth-order valence-corrected chi connectivity index (χ4v) is 2.80. The van der Waals surface area contributed by atoms with Crippen LogP contribution in [0.3, 0.4) is 0 Å². The summed E-state index contributed by atoms with van der Waals surface area (Å²) in [6, 6.07) is 10.4. The molecule has 0 amide bonds. The van der Waals surface area contributed by atoms with E-state index in [0.29, 0.717) is 23.6 Å². The van der Waals surface area contributed by atoms with Gasteiger partial charge >= 0.3 is 0 Å². The average molecular weight is 396 g/mol. The van der Waals surface area contributed by atoms with E-state index < -0.39 is 0 Å². The summed E-state index contributed by atoms with van der Waals surface area (Å²) in [5, 5.41) is 3.41. The molecule has 2 rings (SSSR count). The molecule has 3 nitrogen and oxygen atoms in total. The van der Waals surface area contributed by atoms with E-state index in [1.165, 1.54) is 6.07 Å². The van der Waals surface area contributed by atoms with Crippen LogP contribution in [-0.4, -0.2) is 13.7 Å². The summed E-state index contributed by atoms with van der Waals surface area (Å²) < 4.78 is 26.1. The molecule has 24 heavy (non-hydrogen) atoms. The van der Waals surface area contributed by atoms with Gasteiger partial charge in [0.1, 0.15) is 12.4 Å². The molecule has 0 radical (unpaired) electrons. The summed E-state index contributed by atoms with van der Waals surface area (Å²) in [6.45, 7) is 3.91. The molecule has 0 fully saturated rings. The lowest BCUT2D eigenvalue weighted by Gasteiger charge is -2.17. The number of halogens is 2. The Hall–Kier alpha value is -1.59. The van der Waals surface area contributed by atoms with Crippen molar-refractivity contribution >= 4 is 15.9 Å². The molecule has 0 unspecified atom stereocenters. The van der Waals surface area contributed by atoms with Gasteiger partial charge in [-0.25, -0.2) is 4.39 Å². The van der Waals surface area contributed by atoms with Crippen molar-refractivity contribution in [2.75, 3.05) is 13.7 Å². The van der Waals surface area contributed by atoms with Gasteiger partial charge in [0.2, 0.25) is 0 Å². The molecule has 130 valence electrons. The monoisotopic (exact) mass is 395 g/mol. The summed E-state index contributed by atoms with van der Waals surface area (Å²) in [5.74, 6) is 1.01. The molecule has 5 heteroatoms. The Bertz CT molecular complexity index is 664. The molecule has 0 aromatic heterocycles. The van der Waals surface area contributed by atoms with Crippen LogP contribution in [0.5, 0.6) is 11.5 Å². The molecule has 0 spiro atoms. The zero-order valence-corrected chi connectivity index (χ0v) is 15.7. The molecule has 0 aliphatic heterocycles. The van der Waals surface area contributed by atoms with Gasteiger partial charge in [0.25, 0.3) is 0 Å². The highest BCUT2D eigenvalue weighted by atomic mass is 79.9. The van der Waals surface area contributed by atoms with E-state index in [2.05, 4.69) is 28.2 Å². The van der Waals surface area contributed by atoms with Gasteiger partial charge in [-0.3, -0.25) is 0 Å². The molecule has 0 bridgehead atoms. The molecular formula is C19H23BrFNO2. The summed E-state index contributed by atoms with van der Waals surface area (Å²) >= 11 is 3.57. The first-order valence-corrected chi connectivity index (χ1v) is 8.89. The molecule has 1 N–H and O–H groups in total. The lowest BCUT2D eigenvalue weighted by atomic mass is 10.1. The average Bonchev–Trinajstić information content (AvgIpc) is 2.59. The minimum absolute atomic E-state index is 0.154. The number of rotatable bonds is 9. The zero-order valence-electron chi connectivity index (χ0n) is 14.1. The van der Waals surface area contributed by atoms with Crippen molar-refractivity contribution in [2.24, 2.45) is 0 Å². The normalized spacial score (nSPS) is 10.7. The third-order valence-corrected chi connectivity index (χ3v) is 4.47. The zero-order chi connectivity index (χ0) is 17.4. The summed E-state index contributed by atoms with van der Waals surface area (Å²) in [6.07, 6.45) is 2.26. The lowest BCUT2D eigenvalue weighted by Crippen LogP contribution is -2.16.